The smallest absolute Gasteiger partial charge is 0.278 e. The molecule has 0 aliphatic carbocycles. The number of carbonyl (C=O) groups is 1. The molecule has 1 fully saturated rings. The Morgan fingerprint density at radius 2 is 1.91 bits per heavy atom. The standard InChI is InChI=1S/C17H24N4O/c1-17(2,14-18)19(3)16(22)13-20-9-11-21(12-10-20)15-7-5-4-6-8-15/h4-8H,9-13H2,1-3H3/p+1. The third-order valence-electron chi connectivity index (χ3n) is 4.48. The number of hydrogen-bond donors (Lipinski definition) is 1. The highest BCUT2D eigenvalue weighted by molar-refractivity contribution is 5.78. The van der Waals surface area contributed by atoms with Crippen molar-refractivity contribution in [3.05, 3.63) is 30.3 Å². The minimum atomic E-state index is -0.748. The van der Waals surface area contributed by atoms with Gasteiger partial charge < -0.3 is 14.7 Å². The van der Waals surface area contributed by atoms with E-state index in [0.717, 1.165) is 26.2 Å². The topological polar surface area (TPSA) is 51.8 Å². The molecular formula is C17H25N4O+. The Bertz CT molecular complexity index is 542. The number of carbonyl (C=O) groups excluding carboxylic acids is 1. The van der Waals surface area contributed by atoms with E-state index < -0.39 is 5.54 Å². The van der Waals surface area contributed by atoms with Gasteiger partial charge in [-0.15, -0.1) is 0 Å². The third kappa shape index (κ3) is 3.77. The summed E-state index contributed by atoms with van der Waals surface area (Å²) in [6.45, 7) is 7.81. The maximum Gasteiger partial charge on any atom is 0.278 e. The molecule has 1 aliphatic heterocycles. The van der Waals surface area contributed by atoms with Crippen molar-refractivity contribution in [3.63, 3.8) is 0 Å². The molecule has 0 radical (unpaired) electrons. The van der Waals surface area contributed by atoms with Crippen LogP contribution in [0, 0.1) is 11.3 Å². The quantitative estimate of drug-likeness (QED) is 0.861. The average Bonchev–Trinajstić information content (AvgIpc) is 2.55. The summed E-state index contributed by atoms with van der Waals surface area (Å²) in [5, 5.41) is 9.12. The van der Waals surface area contributed by atoms with Crippen LogP contribution < -0.4 is 9.80 Å². The first kappa shape index (κ1) is 16.3. The van der Waals surface area contributed by atoms with E-state index in [9.17, 15) is 4.79 Å². The van der Waals surface area contributed by atoms with Crippen molar-refractivity contribution in [2.24, 2.45) is 0 Å². The fraction of sp³-hybridized carbons (Fsp3) is 0.529. The summed E-state index contributed by atoms with van der Waals surface area (Å²) in [5.74, 6) is 0.0368. The van der Waals surface area contributed by atoms with Gasteiger partial charge in [0, 0.05) is 12.7 Å². The molecule has 0 aromatic heterocycles. The van der Waals surface area contributed by atoms with Gasteiger partial charge in [-0.1, -0.05) is 18.2 Å². The second-order valence-electron chi connectivity index (χ2n) is 6.37. The summed E-state index contributed by atoms with van der Waals surface area (Å²) in [7, 11) is 1.71. The molecular weight excluding hydrogens is 276 g/mol. The number of amides is 1. The number of nitriles is 1. The third-order valence-corrected chi connectivity index (χ3v) is 4.48. The fourth-order valence-electron chi connectivity index (χ4n) is 2.62. The molecule has 1 aliphatic rings. The Morgan fingerprint density at radius 1 is 1.32 bits per heavy atom. The SMILES string of the molecule is CN(C(=O)C[NH+]1CCN(c2ccccc2)CC1)C(C)(C)C#N. The molecule has 0 atom stereocenters. The van der Waals surface area contributed by atoms with E-state index in [4.69, 9.17) is 5.26 Å². The Hall–Kier alpha value is -2.06. The lowest BCUT2D eigenvalue weighted by Gasteiger charge is -2.35. The van der Waals surface area contributed by atoms with Crippen LogP contribution in [0.5, 0.6) is 0 Å². The lowest BCUT2D eigenvalue weighted by atomic mass is 10.1. The predicted octanol–water partition coefficient (Wildman–Crippen LogP) is 0.152. The van der Waals surface area contributed by atoms with Crippen LogP contribution in [0.1, 0.15) is 13.8 Å². The van der Waals surface area contributed by atoms with E-state index >= 15 is 0 Å². The number of nitrogens with one attached hydrogen (secondary N) is 1. The van der Waals surface area contributed by atoms with E-state index in [1.807, 2.05) is 6.07 Å². The predicted molar refractivity (Wildman–Crippen MR) is 86.7 cm³/mol. The molecule has 1 aromatic rings. The number of anilines is 1. The molecule has 0 spiro atoms. The molecule has 5 nitrogen and oxygen atoms in total. The number of rotatable bonds is 4. The summed E-state index contributed by atoms with van der Waals surface area (Å²) < 4.78 is 0. The molecule has 0 saturated carbocycles. The molecule has 22 heavy (non-hydrogen) atoms. The van der Waals surface area contributed by atoms with Gasteiger partial charge in [0.2, 0.25) is 0 Å². The van der Waals surface area contributed by atoms with Crippen LogP contribution >= 0.6 is 0 Å². The highest BCUT2D eigenvalue weighted by Crippen LogP contribution is 2.12. The van der Waals surface area contributed by atoms with Gasteiger partial charge in [0.15, 0.2) is 6.54 Å². The van der Waals surface area contributed by atoms with Gasteiger partial charge >= 0.3 is 0 Å². The maximum absolute atomic E-state index is 12.3. The van der Waals surface area contributed by atoms with Crippen molar-refractivity contribution in [1.29, 1.82) is 5.26 Å². The minimum Gasteiger partial charge on any atom is -0.360 e. The Labute approximate surface area is 132 Å². The normalized spacial score (nSPS) is 16.2. The van der Waals surface area contributed by atoms with Crippen LogP contribution in [-0.4, -0.2) is 56.1 Å². The van der Waals surface area contributed by atoms with Crippen molar-refractivity contribution in [2.45, 2.75) is 19.4 Å². The summed E-state index contributed by atoms with van der Waals surface area (Å²) in [5.41, 5.74) is 0.498. The number of nitrogens with zero attached hydrogens (tertiary/aromatic N) is 3. The van der Waals surface area contributed by atoms with Crippen molar-refractivity contribution in [1.82, 2.24) is 4.90 Å². The van der Waals surface area contributed by atoms with E-state index in [0.29, 0.717) is 6.54 Å². The van der Waals surface area contributed by atoms with Gasteiger partial charge in [-0.3, -0.25) is 4.79 Å². The summed E-state index contributed by atoms with van der Waals surface area (Å²) in [6.07, 6.45) is 0. The van der Waals surface area contributed by atoms with Gasteiger partial charge in [-0.2, -0.15) is 5.26 Å². The zero-order chi connectivity index (χ0) is 16.2. The highest BCUT2D eigenvalue weighted by atomic mass is 16.2. The zero-order valence-electron chi connectivity index (χ0n) is 13.7. The van der Waals surface area contributed by atoms with Gasteiger partial charge in [0.05, 0.1) is 32.2 Å². The van der Waals surface area contributed by atoms with E-state index in [-0.39, 0.29) is 5.91 Å². The molecule has 118 valence electrons. The van der Waals surface area contributed by atoms with E-state index in [1.54, 1.807) is 25.8 Å². The highest BCUT2D eigenvalue weighted by Gasteiger charge is 2.30. The molecule has 1 saturated heterocycles. The minimum absolute atomic E-state index is 0.0368. The van der Waals surface area contributed by atoms with Crippen LogP contribution in [0.15, 0.2) is 30.3 Å². The number of piperazine rings is 1. The van der Waals surface area contributed by atoms with Crippen LogP contribution in [0.3, 0.4) is 0 Å². The second-order valence-corrected chi connectivity index (χ2v) is 6.37. The van der Waals surface area contributed by atoms with Crippen LogP contribution in [-0.2, 0) is 4.79 Å². The molecule has 1 N–H and O–H groups in total. The maximum atomic E-state index is 12.3. The van der Waals surface area contributed by atoms with Crippen LogP contribution in [0.4, 0.5) is 5.69 Å². The first-order valence-corrected chi connectivity index (χ1v) is 7.75. The first-order valence-electron chi connectivity index (χ1n) is 7.75. The van der Waals surface area contributed by atoms with Crippen LogP contribution in [0.2, 0.25) is 0 Å². The monoisotopic (exact) mass is 301 g/mol. The molecule has 1 heterocycles. The molecule has 0 bridgehead atoms. The Kier molecular flexibility index (Phi) is 5.04. The van der Waals surface area contributed by atoms with Crippen molar-refractivity contribution < 1.29 is 9.69 Å². The lowest BCUT2D eigenvalue weighted by molar-refractivity contribution is -0.892. The Balaban J connectivity index is 1.85. The van der Waals surface area contributed by atoms with Gasteiger partial charge in [-0.25, -0.2) is 0 Å². The summed E-state index contributed by atoms with van der Waals surface area (Å²) in [6, 6.07) is 12.6. The number of likely N-dealkylation sites (N-methyl/N-ethyl adjacent to an activating group) is 1. The Morgan fingerprint density at radius 3 is 2.45 bits per heavy atom. The van der Waals surface area contributed by atoms with Crippen molar-refractivity contribution >= 4 is 11.6 Å². The van der Waals surface area contributed by atoms with Gasteiger partial charge in [0.1, 0.15) is 5.54 Å². The number of benzene rings is 1. The molecule has 2 rings (SSSR count). The molecule has 5 heteroatoms. The number of para-hydroxylation sites is 1. The van der Waals surface area contributed by atoms with Crippen molar-refractivity contribution in [3.8, 4) is 6.07 Å². The van der Waals surface area contributed by atoms with Gasteiger partial charge in [0.25, 0.3) is 5.91 Å². The summed E-state index contributed by atoms with van der Waals surface area (Å²) >= 11 is 0. The van der Waals surface area contributed by atoms with Crippen molar-refractivity contribution in [2.75, 3.05) is 44.7 Å². The van der Waals surface area contributed by atoms with E-state index in [2.05, 4.69) is 35.2 Å². The molecule has 0 unspecified atom stereocenters. The number of hydrogen-bond acceptors (Lipinski definition) is 3. The second kappa shape index (κ2) is 6.80. The average molecular weight is 301 g/mol. The lowest BCUT2D eigenvalue weighted by Crippen LogP contribution is -3.16. The molecule has 1 amide bonds. The zero-order valence-corrected chi connectivity index (χ0v) is 13.7. The first-order chi connectivity index (χ1) is 10.4. The largest absolute Gasteiger partial charge is 0.360 e. The summed E-state index contributed by atoms with van der Waals surface area (Å²) in [4.78, 5) is 17.5. The number of quaternary nitrogens is 1. The van der Waals surface area contributed by atoms with Gasteiger partial charge in [-0.05, 0) is 26.0 Å². The fourth-order valence-corrected chi connectivity index (χ4v) is 2.62. The van der Waals surface area contributed by atoms with E-state index in [1.165, 1.54) is 10.6 Å². The molecule has 1 aromatic carbocycles. The van der Waals surface area contributed by atoms with Crippen LogP contribution in [0.25, 0.3) is 0 Å².